The average Bonchev–Trinajstić information content (AvgIpc) is 2.63. The maximum Gasteiger partial charge on any atom is 0.216 e. The summed E-state index contributed by atoms with van der Waals surface area (Å²) in [5, 5.41) is 0. The minimum atomic E-state index is -3.16. The normalized spacial score (nSPS) is 22.7. The lowest BCUT2D eigenvalue weighted by Crippen LogP contribution is -2.41. The molecule has 7 heteroatoms. The van der Waals surface area contributed by atoms with Crippen LogP contribution in [0.15, 0.2) is 0 Å². The van der Waals surface area contributed by atoms with Crippen LogP contribution in [0.25, 0.3) is 0 Å². The Balaban J connectivity index is 0.00000196. The van der Waals surface area contributed by atoms with Gasteiger partial charge < -0.3 is 10.5 Å². The van der Waals surface area contributed by atoms with Gasteiger partial charge in [-0.15, -0.1) is 12.4 Å². The molecule has 1 atom stereocenters. The molecule has 1 aliphatic rings. The molecule has 0 amide bonds. The Morgan fingerprint density at radius 1 is 1.53 bits per heavy atom. The third-order valence-electron chi connectivity index (χ3n) is 2.50. The average molecular weight is 259 g/mol. The molecule has 1 rings (SSSR count). The van der Waals surface area contributed by atoms with Crippen LogP contribution < -0.4 is 5.73 Å². The van der Waals surface area contributed by atoms with Gasteiger partial charge in [0.05, 0.1) is 12.4 Å². The number of nitrogens with zero attached hydrogens (tertiary/aromatic N) is 1. The molecule has 2 N–H and O–H groups in total. The van der Waals surface area contributed by atoms with Gasteiger partial charge in [0.15, 0.2) is 0 Å². The Kier molecular flexibility index (Phi) is 6.70. The zero-order chi connectivity index (χ0) is 10.6. The topological polar surface area (TPSA) is 72.6 Å². The summed E-state index contributed by atoms with van der Waals surface area (Å²) in [6.45, 7) is 1.26. The summed E-state index contributed by atoms with van der Waals surface area (Å²) >= 11 is 0. The first-order valence-corrected chi connectivity index (χ1v) is 6.41. The summed E-state index contributed by atoms with van der Waals surface area (Å²) in [7, 11) is -1.66. The number of methoxy groups -OCH3 is 1. The highest BCUT2D eigenvalue weighted by atomic mass is 35.5. The number of sulfonamides is 1. The summed E-state index contributed by atoms with van der Waals surface area (Å²) in [5.41, 5.74) is 5.51. The van der Waals surface area contributed by atoms with Crippen LogP contribution in [0.3, 0.4) is 0 Å². The molecule has 0 radical (unpaired) electrons. The van der Waals surface area contributed by atoms with Crippen molar-refractivity contribution in [2.75, 3.05) is 32.6 Å². The Labute approximate surface area is 97.4 Å². The van der Waals surface area contributed by atoms with Crippen LogP contribution >= 0.6 is 12.4 Å². The van der Waals surface area contributed by atoms with Gasteiger partial charge in [-0.1, -0.05) is 0 Å². The first-order valence-electron chi connectivity index (χ1n) is 4.80. The van der Waals surface area contributed by atoms with Crippen molar-refractivity contribution < 1.29 is 13.2 Å². The molecule has 5 nitrogen and oxygen atoms in total. The lowest BCUT2D eigenvalue weighted by Gasteiger charge is -2.22. The molecule has 0 aromatic carbocycles. The van der Waals surface area contributed by atoms with E-state index in [-0.39, 0.29) is 30.8 Å². The summed E-state index contributed by atoms with van der Waals surface area (Å²) < 4.78 is 29.8. The van der Waals surface area contributed by atoms with Gasteiger partial charge in [-0.2, -0.15) is 4.31 Å². The Morgan fingerprint density at radius 3 is 2.73 bits per heavy atom. The van der Waals surface area contributed by atoms with Gasteiger partial charge in [-0.3, -0.25) is 0 Å². The van der Waals surface area contributed by atoms with Crippen molar-refractivity contribution in [2.45, 2.75) is 18.9 Å². The van der Waals surface area contributed by atoms with E-state index in [4.69, 9.17) is 10.5 Å². The Morgan fingerprint density at radius 2 is 2.20 bits per heavy atom. The maximum atomic E-state index is 11.8. The number of nitrogens with two attached hydrogens (primary N) is 1. The smallest absolute Gasteiger partial charge is 0.216 e. The standard InChI is InChI=1S/C8H18N2O3S.ClH/c1-13-5-6-14(11,12)10-4-2-3-8(10)7-9;/h8H,2-7,9H2,1H3;1H. The van der Waals surface area contributed by atoms with Gasteiger partial charge in [-0.05, 0) is 12.8 Å². The van der Waals surface area contributed by atoms with Crippen molar-refractivity contribution in [2.24, 2.45) is 5.73 Å². The first kappa shape index (κ1) is 15.1. The van der Waals surface area contributed by atoms with E-state index < -0.39 is 10.0 Å². The number of hydrogen-bond donors (Lipinski definition) is 1. The van der Waals surface area contributed by atoms with Crippen LogP contribution in [0.1, 0.15) is 12.8 Å². The molecule has 1 saturated heterocycles. The molecular weight excluding hydrogens is 240 g/mol. The minimum Gasteiger partial charge on any atom is -0.384 e. The molecule has 1 unspecified atom stereocenters. The summed E-state index contributed by atoms with van der Waals surface area (Å²) in [6.07, 6.45) is 1.79. The molecule has 0 bridgehead atoms. The number of hydrogen-bond acceptors (Lipinski definition) is 4. The fraction of sp³-hybridized carbons (Fsp3) is 1.00. The van der Waals surface area contributed by atoms with Crippen LogP contribution in [-0.4, -0.2) is 51.3 Å². The van der Waals surface area contributed by atoms with Crippen molar-refractivity contribution in [3.63, 3.8) is 0 Å². The van der Waals surface area contributed by atoms with Crippen molar-refractivity contribution in [3.8, 4) is 0 Å². The van der Waals surface area contributed by atoms with Gasteiger partial charge in [0.25, 0.3) is 0 Å². The van der Waals surface area contributed by atoms with Crippen molar-refractivity contribution >= 4 is 22.4 Å². The molecule has 1 heterocycles. The fourth-order valence-electron chi connectivity index (χ4n) is 1.72. The lowest BCUT2D eigenvalue weighted by molar-refractivity contribution is 0.215. The second kappa shape index (κ2) is 6.65. The second-order valence-corrected chi connectivity index (χ2v) is 5.49. The predicted molar refractivity (Wildman–Crippen MR) is 61.7 cm³/mol. The summed E-state index contributed by atoms with van der Waals surface area (Å²) in [4.78, 5) is 0. The van der Waals surface area contributed by atoms with E-state index in [2.05, 4.69) is 0 Å². The van der Waals surface area contributed by atoms with Gasteiger partial charge >= 0.3 is 0 Å². The molecule has 0 aromatic heterocycles. The number of rotatable bonds is 5. The number of halogens is 1. The highest BCUT2D eigenvalue weighted by molar-refractivity contribution is 7.89. The van der Waals surface area contributed by atoms with Gasteiger partial charge in [0.2, 0.25) is 10.0 Å². The van der Waals surface area contributed by atoms with Crippen LogP contribution in [0.4, 0.5) is 0 Å². The lowest BCUT2D eigenvalue weighted by atomic mass is 10.2. The van der Waals surface area contributed by atoms with E-state index in [1.807, 2.05) is 0 Å². The second-order valence-electron chi connectivity index (χ2n) is 3.45. The van der Waals surface area contributed by atoms with E-state index in [1.165, 1.54) is 11.4 Å². The largest absolute Gasteiger partial charge is 0.384 e. The van der Waals surface area contributed by atoms with E-state index in [1.54, 1.807) is 0 Å². The molecule has 1 aliphatic heterocycles. The molecule has 0 aromatic rings. The predicted octanol–water partition coefficient (Wildman–Crippen LogP) is -0.192. The summed E-state index contributed by atoms with van der Waals surface area (Å²) in [6, 6.07) is -0.00291. The minimum absolute atomic E-state index is 0. The van der Waals surface area contributed by atoms with Crippen molar-refractivity contribution in [1.82, 2.24) is 4.31 Å². The number of ether oxygens (including phenoxy) is 1. The van der Waals surface area contributed by atoms with E-state index in [9.17, 15) is 8.42 Å². The van der Waals surface area contributed by atoms with E-state index in [0.717, 1.165) is 12.8 Å². The van der Waals surface area contributed by atoms with E-state index >= 15 is 0 Å². The van der Waals surface area contributed by atoms with Crippen LogP contribution in [-0.2, 0) is 14.8 Å². The first-order chi connectivity index (χ1) is 6.61. The molecule has 1 fully saturated rings. The maximum absolute atomic E-state index is 11.8. The molecule has 92 valence electrons. The monoisotopic (exact) mass is 258 g/mol. The molecule has 0 spiro atoms. The molecular formula is C8H19ClN2O3S. The van der Waals surface area contributed by atoms with Crippen LogP contribution in [0.2, 0.25) is 0 Å². The highest BCUT2D eigenvalue weighted by Crippen LogP contribution is 2.20. The van der Waals surface area contributed by atoms with Gasteiger partial charge in [-0.25, -0.2) is 8.42 Å². The zero-order valence-electron chi connectivity index (χ0n) is 8.89. The quantitative estimate of drug-likeness (QED) is 0.742. The molecule has 0 aliphatic carbocycles. The van der Waals surface area contributed by atoms with Gasteiger partial charge in [0.1, 0.15) is 0 Å². The molecule has 15 heavy (non-hydrogen) atoms. The van der Waals surface area contributed by atoms with Gasteiger partial charge in [0, 0.05) is 26.2 Å². The fourth-order valence-corrected chi connectivity index (χ4v) is 3.38. The summed E-state index contributed by atoms with van der Waals surface area (Å²) in [5.74, 6) is 0.0556. The zero-order valence-corrected chi connectivity index (χ0v) is 10.5. The Bertz CT molecular complexity index is 271. The molecule has 0 saturated carbocycles. The highest BCUT2D eigenvalue weighted by Gasteiger charge is 2.32. The third kappa shape index (κ3) is 3.88. The third-order valence-corrected chi connectivity index (χ3v) is 4.38. The van der Waals surface area contributed by atoms with Crippen molar-refractivity contribution in [1.29, 1.82) is 0 Å². The van der Waals surface area contributed by atoms with Crippen molar-refractivity contribution in [3.05, 3.63) is 0 Å². The van der Waals surface area contributed by atoms with E-state index in [0.29, 0.717) is 13.1 Å². The SMILES string of the molecule is COCCS(=O)(=O)N1CCCC1CN.Cl. The Hall–Kier alpha value is 0.120. The van der Waals surface area contributed by atoms with Crippen LogP contribution in [0.5, 0.6) is 0 Å². The van der Waals surface area contributed by atoms with Crippen LogP contribution in [0, 0.1) is 0 Å².